The second-order valence-electron chi connectivity index (χ2n) is 4.69. The fraction of sp³-hybridized carbons (Fsp3) is 0.500. The minimum absolute atomic E-state index is 0.151. The Hall–Kier alpha value is -1.39. The standard InChI is InChI=1S/C14H21N3O/c1-17-14-8-4-3-7-12(14)13(16-17)10-11(15)6-5-9-18-2/h3-4,7-8,11H,5-6,9-10,15H2,1-2H3. The van der Waals surface area contributed by atoms with Crippen molar-refractivity contribution in [2.24, 2.45) is 12.8 Å². The molecule has 0 aliphatic rings. The van der Waals surface area contributed by atoms with Gasteiger partial charge in [-0.1, -0.05) is 18.2 Å². The van der Waals surface area contributed by atoms with Crippen LogP contribution in [0.4, 0.5) is 0 Å². The molecule has 1 atom stereocenters. The van der Waals surface area contributed by atoms with Crippen molar-refractivity contribution in [2.75, 3.05) is 13.7 Å². The van der Waals surface area contributed by atoms with E-state index in [9.17, 15) is 0 Å². The van der Waals surface area contributed by atoms with Crippen molar-refractivity contribution in [3.63, 3.8) is 0 Å². The summed E-state index contributed by atoms with van der Waals surface area (Å²) < 4.78 is 6.96. The number of para-hydroxylation sites is 1. The van der Waals surface area contributed by atoms with E-state index in [0.717, 1.165) is 37.1 Å². The van der Waals surface area contributed by atoms with E-state index in [1.165, 1.54) is 5.39 Å². The van der Waals surface area contributed by atoms with Crippen LogP contribution in [-0.2, 0) is 18.2 Å². The van der Waals surface area contributed by atoms with E-state index in [1.807, 2.05) is 23.9 Å². The summed E-state index contributed by atoms with van der Waals surface area (Å²) in [6.07, 6.45) is 2.80. The van der Waals surface area contributed by atoms with Gasteiger partial charge in [0.25, 0.3) is 0 Å². The average molecular weight is 247 g/mol. The van der Waals surface area contributed by atoms with Gasteiger partial charge in [0, 0.05) is 38.6 Å². The number of ether oxygens (including phenoxy) is 1. The molecule has 1 heterocycles. The number of benzene rings is 1. The molecule has 0 amide bonds. The predicted octanol–water partition coefficient (Wildman–Crippen LogP) is 1.87. The molecular weight excluding hydrogens is 226 g/mol. The molecule has 1 aromatic heterocycles. The number of fused-ring (bicyclic) bond motifs is 1. The Morgan fingerprint density at radius 2 is 2.17 bits per heavy atom. The highest BCUT2D eigenvalue weighted by atomic mass is 16.5. The Morgan fingerprint density at radius 1 is 1.39 bits per heavy atom. The molecule has 1 aromatic carbocycles. The highest BCUT2D eigenvalue weighted by molar-refractivity contribution is 5.81. The molecule has 2 aromatic rings. The number of nitrogens with zero attached hydrogens (tertiary/aromatic N) is 2. The van der Waals surface area contributed by atoms with Crippen LogP contribution in [-0.4, -0.2) is 29.5 Å². The van der Waals surface area contributed by atoms with E-state index < -0.39 is 0 Å². The van der Waals surface area contributed by atoms with Gasteiger partial charge in [0.15, 0.2) is 0 Å². The minimum atomic E-state index is 0.151. The second-order valence-corrected chi connectivity index (χ2v) is 4.69. The number of hydrogen-bond acceptors (Lipinski definition) is 3. The molecule has 0 saturated carbocycles. The molecule has 0 spiro atoms. The summed E-state index contributed by atoms with van der Waals surface area (Å²) in [5.74, 6) is 0. The maximum Gasteiger partial charge on any atom is 0.0718 e. The summed E-state index contributed by atoms with van der Waals surface area (Å²) in [7, 11) is 3.69. The zero-order chi connectivity index (χ0) is 13.0. The predicted molar refractivity (Wildman–Crippen MR) is 73.5 cm³/mol. The molecule has 4 heteroatoms. The highest BCUT2D eigenvalue weighted by Gasteiger charge is 2.11. The van der Waals surface area contributed by atoms with Crippen molar-refractivity contribution < 1.29 is 4.74 Å². The molecular formula is C14H21N3O. The third kappa shape index (κ3) is 2.89. The van der Waals surface area contributed by atoms with E-state index in [4.69, 9.17) is 10.5 Å². The lowest BCUT2D eigenvalue weighted by molar-refractivity contribution is 0.190. The molecule has 1 unspecified atom stereocenters. The third-order valence-electron chi connectivity index (χ3n) is 3.21. The molecule has 2 N–H and O–H groups in total. The first-order chi connectivity index (χ1) is 8.72. The lowest BCUT2D eigenvalue weighted by Crippen LogP contribution is -2.23. The maximum atomic E-state index is 6.14. The molecule has 0 aliphatic carbocycles. The quantitative estimate of drug-likeness (QED) is 0.793. The Balaban J connectivity index is 2.07. The van der Waals surface area contributed by atoms with Crippen LogP contribution in [0, 0.1) is 0 Å². The SMILES string of the molecule is COCCCC(N)Cc1nn(C)c2ccccc12. The summed E-state index contributed by atoms with van der Waals surface area (Å²) in [4.78, 5) is 0. The Kier molecular flexibility index (Phi) is 4.33. The number of hydrogen-bond donors (Lipinski definition) is 1. The summed E-state index contributed by atoms with van der Waals surface area (Å²) in [6, 6.07) is 8.43. The molecule has 0 bridgehead atoms. The van der Waals surface area contributed by atoms with Crippen molar-refractivity contribution in [3.8, 4) is 0 Å². The molecule has 2 rings (SSSR count). The van der Waals surface area contributed by atoms with Crippen LogP contribution in [0.3, 0.4) is 0 Å². The van der Waals surface area contributed by atoms with Crippen LogP contribution in [0.2, 0.25) is 0 Å². The lowest BCUT2D eigenvalue weighted by atomic mass is 10.0. The summed E-state index contributed by atoms with van der Waals surface area (Å²) >= 11 is 0. The first-order valence-corrected chi connectivity index (χ1v) is 6.37. The Bertz CT molecular complexity index is 507. The molecule has 0 radical (unpaired) electrons. The van der Waals surface area contributed by atoms with Gasteiger partial charge in [-0.05, 0) is 18.9 Å². The van der Waals surface area contributed by atoms with Gasteiger partial charge in [0.1, 0.15) is 0 Å². The number of methoxy groups -OCH3 is 1. The fourth-order valence-electron chi connectivity index (χ4n) is 2.28. The van der Waals surface area contributed by atoms with Crippen LogP contribution in [0.1, 0.15) is 18.5 Å². The van der Waals surface area contributed by atoms with Gasteiger partial charge < -0.3 is 10.5 Å². The number of rotatable bonds is 6. The van der Waals surface area contributed by atoms with Crippen LogP contribution in [0.15, 0.2) is 24.3 Å². The van der Waals surface area contributed by atoms with Gasteiger partial charge in [-0.15, -0.1) is 0 Å². The first kappa shape index (κ1) is 13.1. The molecule has 18 heavy (non-hydrogen) atoms. The number of nitrogens with two attached hydrogens (primary N) is 1. The lowest BCUT2D eigenvalue weighted by Gasteiger charge is -2.09. The minimum Gasteiger partial charge on any atom is -0.385 e. The topological polar surface area (TPSA) is 53.1 Å². The summed E-state index contributed by atoms with van der Waals surface area (Å²) in [5, 5.41) is 5.77. The molecule has 0 fully saturated rings. The molecule has 0 aliphatic heterocycles. The van der Waals surface area contributed by atoms with Crippen molar-refractivity contribution in [2.45, 2.75) is 25.3 Å². The van der Waals surface area contributed by atoms with Crippen LogP contribution in [0.25, 0.3) is 10.9 Å². The van der Waals surface area contributed by atoms with E-state index in [0.29, 0.717) is 0 Å². The van der Waals surface area contributed by atoms with Crippen LogP contribution >= 0.6 is 0 Å². The average Bonchev–Trinajstić information content (AvgIpc) is 2.67. The van der Waals surface area contributed by atoms with Crippen molar-refractivity contribution >= 4 is 10.9 Å². The third-order valence-corrected chi connectivity index (χ3v) is 3.21. The van der Waals surface area contributed by atoms with Gasteiger partial charge in [0.2, 0.25) is 0 Å². The van der Waals surface area contributed by atoms with E-state index >= 15 is 0 Å². The van der Waals surface area contributed by atoms with Gasteiger partial charge in [-0.25, -0.2) is 0 Å². The highest BCUT2D eigenvalue weighted by Crippen LogP contribution is 2.19. The largest absolute Gasteiger partial charge is 0.385 e. The normalized spacial score (nSPS) is 13.1. The van der Waals surface area contributed by atoms with Crippen molar-refractivity contribution in [1.29, 1.82) is 0 Å². The fourth-order valence-corrected chi connectivity index (χ4v) is 2.28. The maximum absolute atomic E-state index is 6.14. The van der Waals surface area contributed by atoms with E-state index in [1.54, 1.807) is 7.11 Å². The smallest absolute Gasteiger partial charge is 0.0718 e. The molecule has 4 nitrogen and oxygen atoms in total. The van der Waals surface area contributed by atoms with Crippen molar-refractivity contribution in [1.82, 2.24) is 9.78 Å². The van der Waals surface area contributed by atoms with Crippen LogP contribution in [0.5, 0.6) is 0 Å². The Labute approximate surface area is 108 Å². The second kappa shape index (κ2) is 5.98. The van der Waals surface area contributed by atoms with Gasteiger partial charge in [0.05, 0.1) is 11.2 Å². The molecule has 98 valence electrons. The van der Waals surface area contributed by atoms with Gasteiger partial charge in [-0.2, -0.15) is 5.10 Å². The van der Waals surface area contributed by atoms with Crippen LogP contribution < -0.4 is 5.73 Å². The molecule has 0 saturated heterocycles. The summed E-state index contributed by atoms with van der Waals surface area (Å²) in [5.41, 5.74) is 8.40. The van der Waals surface area contributed by atoms with E-state index in [2.05, 4.69) is 17.2 Å². The van der Waals surface area contributed by atoms with Gasteiger partial charge >= 0.3 is 0 Å². The Morgan fingerprint density at radius 3 is 2.94 bits per heavy atom. The zero-order valence-corrected chi connectivity index (χ0v) is 11.1. The number of aryl methyl sites for hydroxylation is 1. The van der Waals surface area contributed by atoms with Crippen molar-refractivity contribution in [3.05, 3.63) is 30.0 Å². The first-order valence-electron chi connectivity index (χ1n) is 6.37. The number of aromatic nitrogens is 2. The monoisotopic (exact) mass is 247 g/mol. The van der Waals surface area contributed by atoms with E-state index in [-0.39, 0.29) is 6.04 Å². The zero-order valence-electron chi connectivity index (χ0n) is 11.1. The summed E-state index contributed by atoms with van der Waals surface area (Å²) in [6.45, 7) is 0.774. The van der Waals surface area contributed by atoms with Gasteiger partial charge in [-0.3, -0.25) is 4.68 Å².